The van der Waals surface area contributed by atoms with Gasteiger partial charge in [0, 0.05) is 21.0 Å². The molecule has 2 N–H and O–H groups in total. The predicted octanol–water partition coefficient (Wildman–Crippen LogP) is 4.76. The van der Waals surface area contributed by atoms with Gasteiger partial charge in [0.05, 0.1) is 0 Å². The van der Waals surface area contributed by atoms with Crippen LogP contribution in [0.15, 0.2) is 28.7 Å². The Labute approximate surface area is 118 Å². The zero-order valence-electron chi connectivity index (χ0n) is 10.8. The van der Waals surface area contributed by atoms with Gasteiger partial charge < -0.3 is 5.73 Å². The molecule has 0 fully saturated rings. The van der Waals surface area contributed by atoms with E-state index >= 15 is 0 Å². The third kappa shape index (κ3) is 4.65. The Kier molecular flexibility index (Phi) is 6.60. The maximum Gasteiger partial charge on any atom is 0.0451 e. The number of nitrogens with two attached hydrogens (primary N) is 1. The van der Waals surface area contributed by atoms with Crippen molar-refractivity contribution in [2.24, 2.45) is 5.73 Å². The molecule has 1 rings (SSSR count). The van der Waals surface area contributed by atoms with Gasteiger partial charge >= 0.3 is 0 Å². The fraction of sp³-hybridized carbons (Fsp3) is 0.571. The van der Waals surface area contributed by atoms with Crippen molar-refractivity contribution in [2.75, 3.05) is 0 Å². The molecule has 1 aromatic carbocycles. The van der Waals surface area contributed by atoms with Crippen LogP contribution in [0.2, 0.25) is 0 Å². The highest BCUT2D eigenvalue weighted by Gasteiger charge is 2.21. The Morgan fingerprint density at radius 1 is 1.29 bits per heavy atom. The lowest BCUT2D eigenvalue weighted by atomic mass is 10.0. The molecule has 0 heterocycles. The smallest absolute Gasteiger partial charge is 0.0451 e. The lowest BCUT2D eigenvalue weighted by molar-refractivity contribution is 0.631. The van der Waals surface area contributed by atoms with Crippen LogP contribution in [0.5, 0.6) is 0 Å². The van der Waals surface area contributed by atoms with Gasteiger partial charge in [-0.15, -0.1) is 11.8 Å². The molecule has 3 unspecified atom stereocenters. The van der Waals surface area contributed by atoms with Crippen molar-refractivity contribution in [1.29, 1.82) is 0 Å². The van der Waals surface area contributed by atoms with Crippen molar-refractivity contribution < 1.29 is 0 Å². The van der Waals surface area contributed by atoms with Crippen LogP contribution in [0.4, 0.5) is 0 Å². The second kappa shape index (κ2) is 7.45. The van der Waals surface area contributed by atoms with Gasteiger partial charge in [-0.05, 0) is 30.5 Å². The average Bonchev–Trinajstić information content (AvgIpc) is 2.34. The second-order valence-electron chi connectivity index (χ2n) is 4.40. The van der Waals surface area contributed by atoms with Crippen LogP contribution < -0.4 is 5.73 Å². The van der Waals surface area contributed by atoms with E-state index in [9.17, 15) is 0 Å². The summed E-state index contributed by atoms with van der Waals surface area (Å²) >= 11 is 5.53. The molecule has 0 saturated carbocycles. The van der Waals surface area contributed by atoms with Crippen LogP contribution >= 0.6 is 27.7 Å². The topological polar surface area (TPSA) is 26.0 Å². The summed E-state index contributed by atoms with van der Waals surface area (Å²) in [5.74, 6) is 0. The minimum Gasteiger partial charge on any atom is -0.326 e. The van der Waals surface area contributed by atoms with Gasteiger partial charge in [-0.1, -0.05) is 48.8 Å². The van der Waals surface area contributed by atoms with E-state index in [1.54, 1.807) is 0 Å². The summed E-state index contributed by atoms with van der Waals surface area (Å²) in [6.45, 7) is 6.66. The van der Waals surface area contributed by atoms with E-state index in [0.29, 0.717) is 10.5 Å². The zero-order valence-corrected chi connectivity index (χ0v) is 13.2. The molecule has 1 aromatic rings. The summed E-state index contributed by atoms with van der Waals surface area (Å²) in [6, 6.07) is 8.75. The van der Waals surface area contributed by atoms with Gasteiger partial charge in [-0.3, -0.25) is 0 Å². The van der Waals surface area contributed by atoms with E-state index in [1.807, 2.05) is 11.8 Å². The van der Waals surface area contributed by atoms with Crippen LogP contribution in [0.25, 0.3) is 0 Å². The summed E-state index contributed by atoms with van der Waals surface area (Å²) in [7, 11) is 0. The van der Waals surface area contributed by atoms with E-state index in [-0.39, 0.29) is 6.04 Å². The molecule has 17 heavy (non-hydrogen) atoms. The van der Waals surface area contributed by atoms with Crippen LogP contribution in [-0.4, -0.2) is 11.3 Å². The highest BCUT2D eigenvalue weighted by Crippen LogP contribution is 2.37. The molecule has 96 valence electrons. The number of halogens is 1. The third-order valence-corrected chi connectivity index (χ3v) is 5.20. The number of thioether (sulfide) groups is 1. The fourth-order valence-electron chi connectivity index (χ4n) is 1.67. The van der Waals surface area contributed by atoms with E-state index in [1.165, 1.54) is 12.0 Å². The maximum absolute atomic E-state index is 6.27. The lowest BCUT2D eigenvalue weighted by Gasteiger charge is -2.25. The number of hydrogen-bond acceptors (Lipinski definition) is 2. The summed E-state index contributed by atoms with van der Waals surface area (Å²) in [4.78, 5) is 0. The summed E-state index contributed by atoms with van der Waals surface area (Å²) < 4.78 is 1.13. The largest absolute Gasteiger partial charge is 0.326 e. The van der Waals surface area contributed by atoms with E-state index in [2.05, 4.69) is 61.0 Å². The minimum atomic E-state index is 0.225. The van der Waals surface area contributed by atoms with Crippen molar-refractivity contribution in [3.05, 3.63) is 34.3 Å². The molecule has 0 amide bonds. The predicted molar refractivity (Wildman–Crippen MR) is 82.5 cm³/mol. The van der Waals surface area contributed by atoms with Gasteiger partial charge in [-0.25, -0.2) is 0 Å². The molecule has 3 heteroatoms. The maximum atomic E-state index is 6.27. The van der Waals surface area contributed by atoms with Crippen LogP contribution in [-0.2, 0) is 0 Å². The highest BCUT2D eigenvalue weighted by atomic mass is 79.9. The summed E-state index contributed by atoms with van der Waals surface area (Å²) in [6.07, 6.45) is 2.20. The van der Waals surface area contributed by atoms with Crippen molar-refractivity contribution in [1.82, 2.24) is 0 Å². The molecule has 3 atom stereocenters. The molecule has 0 aliphatic carbocycles. The molecule has 0 spiro atoms. The Hall–Kier alpha value is 0.01000. The first-order chi connectivity index (χ1) is 8.08. The Morgan fingerprint density at radius 3 is 2.53 bits per heavy atom. The van der Waals surface area contributed by atoms with Gasteiger partial charge in [0.25, 0.3) is 0 Å². The summed E-state index contributed by atoms with van der Waals surface area (Å²) in [5.41, 5.74) is 7.60. The Balaban J connectivity index is 2.89. The van der Waals surface area contributed by atoms with E-state index < -0.39 is 0 Å². The first-order valence-electron chi connectivity index (χ1n) is 6.25. The van der Waals surface area contributed by atoms with Gasteiger partial charge in [-0.2, -0.15) is 0 Å². The van der Waals surface area contributed by atoms with Gasteiger partial charge in [0.15, 0.2) is 0 Å². The van der Waals surface area contributed by atoms with Crippen molar-refractivity contribution in [3.8, 4) is 0 Å². The van der Waals surface area contributed by atoms with Gasteiger partial charge in [0.2, 0.25) is 0 Å². The zero-order chi connectivity index (χ0) is 12.8. The average molecular weight is 316 g/mol. The minimum absolute atomic E-state index is 0.225. The number of rotatable bonds is 6. The molecule has 0 aliphatic heterocycles. The highest BCUT2D eigenvalue weighted by molar-refractivity contribution is 9.10. The monoisotopic (exact) mass is 315 g/mol. The van der Waals surface area contributed by atoms with Crippen LogP contribution in [0.1, 0.15) is 44.4 Å². The standard InChI is InChI=1S/C14H22BrNS/c1-4-10(3)17-14(13(16)5-2)11-7-6-8-12(15)9-11/h6-10,13-14H,4-5,16H2,1-3H3. The van der Waals surface area contributed by atoms with Crippen molar-refractivity contribution in [3.63, 3.8) is 0 Å². The number of hydrogen-bond donors (Lipinski definition) is 1. The van der Waals surface area contributed by atoms with Crippen LogP contribution in [0.3, 0.4) is 0 Å². The molecule has 0 radical (unpaired) electrons. The molecule has 0 saturated heterocycles. The van der Waals surface area contributed by atoms with Crippen LogP contribution in [0, 0.1) is 0 Å². The number of benzene rings is 1. The molecule has 0 aliphatic rings. The van der Waals surface area contributed by atoms with Crippen molar-refractivity contribution in [2.45, 2.75) is 50.2 Å². The quantitative estimate of drug-likeness (QED) is 0.819. The molecule has 0 aromatic heterocycles. The van der Waals surface area contributed by atoms with E-state index in [0.717, 1.165) is 10.9 Å². The molecular formula is C14H22BrNS. The first kappa shape index (κ1) is 15.1. The molecule has 1 nitrogen and oxygen atoms in total. The third-order valence-electron chi connectivity index (χ3n) is 2.99. The second-order valence-corrected chi connectivity index (χ2v) is 6.90. The fourth-order valence-corrected chi connectivity index (χ4v) is 3.48. The van der Waals surface area contributed by atoms with Gasteiger partial charge in [0.1, 0.15) is 0 Å². The van der Waals surface area contributed by atoms with Crippen molar-refractivity contribution >= 4 is 27.7 Å². The SMILES string of the molecule is CCC(C)SC(c1cccc(Br)c1)C(N)CC. The summed E-state index contributed by atoms with van der Waals surface area (Å²) in [5, 5.41) is 1.05. The Bertz CT molecular complexity index is 343. The van der Waals surface area contributed by atoms with E-state index in [4.69, 9.17) is 5.73 Å². The normalized spacial score (nSPS) is 16.5. The molecule has 0 bridgehead atoms. The lowest BCUT2D eigenvalue weighted by Crippen LogP contribution is -2.26. The molecular weight excluding hydrogens is 294 g/mol. The Morgan fingerprint density at radius 2 is 2.00 bits per heavy atom. The first-order valence-corrected chi connectivity index (χ1v) is 7.98.